The van der Waals surface area contributed by atoms with E-state index < -0.39 is 15.0 Å². The van der Waals surface area contributed by atoms with Crippen molar-refractivity contribution in [1.82, 2.24) is 10.2 Å². The molecule has 9 nitrogen and oxygen atoms in total. The van der Waals surface area contributed by atoms with Crippen LogP contribution < -0.4 is 9.50 Å². The highest BCUT2D eigenvalue weighted by Crippen LogP contribution is 2.23. The zero-order chi connectivity index (χ0) is 23.3. The first-order valence-corrected chi connectivity index (χ1v) is 11.8. The third-order valence-corrected chi connectivity index (χ3v) is 6.54. The lowest BCUT2D eigenvalue weighted by molar-refractivity contribution is -0.385. The molecule has 0 spiro atoms. The van der Waals surface area contributed by atoms with Crippen LogP contribution in [0.2, 0.25) is 0 Å². The summed E-state index contributed by atoms with van der Waals surface area (Å²) in [5.74, 6) is 1.06. The van der Waals surface area contributed by atoms with Crippen LogP contribution in [0, 0.1) is 22.0 Å². The summed E-state index contributed by atoms with van der Waals surface area (Å²) in [7, 11) is -4.25. The van der Waals surface area contributed by atoms with Gasteiger partial charge in [0.1, 0.15) is 10.6 Å². The van der Waals surface area contributed by atoms with E-state index in [1.165, 1.54) is 48.9 Å². The van der Waals surface area contributed by atoms with Crippen LogP contribution >= 0.6 is 0 Å². The van der Waals surface area contributed by atoms with Crippen LogP contribution in [0.1, 0.15) is 30.6 Å². The van der Waals surface area contributed by atoms with Gasteiger partial charge in [0.15, 0.2) is 0 Å². The van der Waals surface area contributed by atoms with E-state index in [0.717, 1.165) is 25.7 Å². The van der Waals surface area contributed by atoms with Crippen molar-refractivity contribution in [2.24, 2.45) is 11.8 Å². The Hall–Kier alpha value is -2.98. The first kappa shape index (κ1) is 23.7. The SMILES string of the molecule is CC1CC(C)CN(CCNC(=O)c2ccc(OS(=O)(=O)c3cccc([N+](=O)[O-])c3)cc2)C1. The normalized spacial score (nSPS) is 19.3. The second-order valence-corrected chi connectivity index (χ2v) is 9.82. The molecule has 1 aliphatic heterocycles. The average Bonchev–Trinajstić information content (AvgIpc) is 2.73. The van der Waals surface area contributed by atoms with Crippen molar-refractivity contribution in [3.63, 3.8) is 0 Å². The van der Waals surface area contributed by atoms with Gasteiger partial charge in [0.2, 0.25) is 0 Å². The van der Waals surface area contributed by atoms with E-state index in [9.17, 15) is 23.3 Å². The molecule has 2 atom stereocenters. The quantitative estimate of drug-likeness (QED) is 0.364. The molecule has 2 unspecified atom stereocenters. The number of benzene rings is 2. The number of hydrogen-bond donors (Lipinski definition) is 1. The van der Waals surface area contributed by atoms with E-state index >= 15 is 0 Å². The highest BCUT2D eigenvalue weighted by atomic mass is 32.2. The van der Waals surface area contributed by atoms with Gasteiger partial charge in [-0.15, -0.1) is 0 Å². The summed E-state index contributed by atoms with van der Waals surface area (Å²) in [6.45, 7) is 7.85. The third-order valence-electron chi connectivity index (χ3n) is 5.30. The fourth-order valence-electron chi connectivity index (χ4n) is 3.99. The van der Waals surface area contributed by atoms with E-state index in [1.54, 1.807) is 0 Å². The molecule has 1 aliphatic rings. The second kappa shape index (κ2) is 10.1. The summed E-state index contributed by atoms with van der Waals surface area (Å²) >= 11 is 0. The van der Waals surface area contributed by atoms with Crippen molar-refractivity contribution in [2.45, 2.75) is 25.2 Å². The number of piperidine rings is 1. The lowest BCUT2D eigenvalue weighted by atomic mass is 9.92. The zero-order valence-corrected chi connectivity index (χ0v) is 18.9. The highest BCUT2D eigenvalue weighted by molar-refractivity contribution is 7.87. The van der Waals surface area contributed by atoms with Gasteiger partial charge in [-0.3, -0.25) is 14.9 Å². The summed E-state index contributed by atoms with van der Waals surface area (Å²) < 4.78 is 29.9. The molecule has 0 aromatic heterocycles. The summed E-state index contributed by atoms with van der Waals surface area (Å²) in [5.41, 5.74) is 0.0284. The molecule has 0 radical (unpaired) electrons. The maximum atomic E-state index is 12.4. The predicted molar refractivity (Wildman–Crippen MR) is 119 cm³/mol. The Morgan fingerprint density at radius 1 is 1.16 bits per heavy atom. The lowest BCUT2D eigenvalue weighted by Gasteiger charge is -2.34. The summed E-state index contributed by atoms with van der Waals surface area (Å²) in [5, 5.41) is 13.7. The first-order chi connectivity index (χ1) is 15.1. The number of rotatable bonds is 8. The molecule has 2 aromatic carbocycles. The Bertz CT molecular complexity index is 1060. The molecule has 1 N–H and O–H groups in total. The second-order valence-electron chi connectivity index (χ2n) is 8.28. The van der Waals surface area contributed by atoms with Gasteiger partial charge < -0.3 is 14.4 Å². The first-order valence-electron chi connectivity index (χ1n) is 10.4. The molecule has 0 bridgehead atoms. The molecule has 1 amide bonds. The van der Waals surface area contributed by atoms with Crippen LogP contribution in [0.3, 0.4) is 0 Å². The minimum atomic E-state index is -4.25. The molecule has 10 heteroatoms. The van der Waals surface area contributed by atoms with Crippen LogP contribution in [-0.2, 0) is 10.1 Å². The van der Waals surface area contributed by atoms with Gasteiger partial charge in [-0.25, -0.2) is 0 Å². The smallest absolute Gasteiger partial charge is 0.339 e. The predicted octanol–water partition coefficient (Wildman–Crippen LogP) is 3.07. The molecule has 2 aromatic rings. The van der Waals surface area contributed by atoms with Crippen molar-refractivity contribution in [3.05, 3.63) is 64.2 Å². The fraction of sp³-hybridized carbons (Fsp3) is 0.409. The van der Waals surface area contributed by atoms with E-state index in [4.69, 9.17) is 4.18 Å². The van der Waals surface area contributed by atoms with Crippen molar-refractivity contribution < 1.29 is 22.3 Å². The molecule has 1 heterocycles. The van der Waals surface area contributed by atoms with Gasteiger partial charge in [0, 0.05) is 43.9 Å². The highest BCUT2D eigenvalue weighted by Gasteiger charge is 2.22. The maximum Gasteiger partial charge on any atom is 0.339 e. The summed E-state index contributed by atoms with van der Waals surface area (Å²) in [6, 6.07) is 10.3. The molecule has 32 heavy (non-hydrogen) atoms. The van der Waals surface area contributed by atoms with Gasteiger partial charge in [0.25, 0.3) is 11.6 Å². The number of likely N-dealkylation sites (tertiary alicyclic amines) is 1. The molecule has 0 aliphatic carbocycles. The van der Waals surface area contributed by atoms with Crippen molar-refractivity contribution in [2.75, 3.05) is 26.2 Å². The number of nitrogens with one attached hydrogen (secondary N) is 1. The van der Waals surface area contributed by atoms with Gasteiger partial charge in [0.05, 0.1) is 4.92 Å². The van der Waals surface area contributed by atoms with E-state index in [-0.39, 0.29) is 22.2 Å². The summed E-state index contributed by atoms with van der Waals surface area (Å²) in [6.07, 6.45) is 1.23. The molecule has 172 valence electrons. The number of non-ortho nitro benzene ring substituents is 1. The monoisotopic (exact) mass is 461 g/mol. The minimum absolute atomic E-state index is 0.00403. The Morgan fingerprint density at radius 2 is 1.81 bits per heavy atom. The molecule has 0 saturated carbocycles. The Kier molecular flexibility index (Phi) is 7.47. The third kappa shape index (κ3) is 6.27. The zero-order valence-electron chi connectivity index (χ0n) is 18.1. The van der Waals surface area contributed by atoms with Crippen LogP contribution in [-0.4, -0.2) is 50.3 Å². The number of nitro benzene ring substituents is 1. The number of carbonyl (C=O) groups excluding carboxylic acids is 1. The van der Waals surface area contributed by atoms with Gasteiger partial charge >= 0.3 is 10.1 Å². The van der Waals surface area contributed by atoms with Gasteiger partial charge in [-0.1, -0.05) is 19.9 Å². The van der Waals surface area contributed by atoms with Gasteiger partial charge in [-0.2, -0.15) is 8.42 Å². The largest absolute Gasteiger partial charge is 0.379 e. The number of nitro groups is 1. The van der Waals surface area contributed by atoms with Crippen LogP contribution in [0.5, 0.6) is 5.75 Å². The van der Waals surface area contributed by atoms with E-state index in [2.05, 4.69) is 24.1 Å². The maximum absolute atomic E-state index is 12.4. The number of nitrogens with zero attached hydrogens (tertiary/aromatic N) is 2. The topological polar surface area (TPSA) is 119 Å². The molecular formula is C22H27N3O6S. The van der Waals surface area contributed by atoms with Crippen molar-refractivity contribution >= 4 is 21.7 Å². The van der Waals surface area contributed by atoms with Crippen LogP contribution in [0.15, 0.2) is 53.4 Å². The number of carbonyl (C=O) groups is 1. The molecule has 3 rings (SSSR count). The average molecular weight is 462 g/mol. The van der Waals surface area contributed by atoms with Crippen LogP contribution in [0.4, 0.5) is 5.69 Å². The summed E-state index contributed by atoms with van der Waals surface area (Å²) in [4.78, 5) is 24.6. The van der Waals surface area contributed by atoms with Crippen molar-refractivity contribution in [1.29, 1.82) is 0 Å². The number of amides is 1. The lowest BCUT2D eigenvalue weighted by Crippen LogP contribution is -2.42. The molecule has 1 saturated heterocycles. The fourth-order valence-corrected chi connectivity index (χ4v) is 4.96. The Balaban J connectivity index is 1.55. The number of hydrogen-bond acceptors (Lipinski definition) is 7. The Labute approximate surface area is 187 Å². The standard InChI is InChI=1S/C22H27N3O6S/c1-16-12-17(2)15-24(14-16)11-10-23-22(26)18-6-8-20(9-7-18)31-32(29,30)21-5-3-4-19(13-21)25(27)28/h3-9,13,16-17H,10-12,14-15H2,1-2H3,(H,23,26). The molecular weight excluding hydrogens is 434 g/mol. The van der Waals surface area contributed by atoms with Crippen molar-refractivity contribution in [3.8, 4) is 5.75 Å². The van der Waals surface area contributed by atoms with Gasteiger partial charge in [-0.05, 0) is 48.6 Å². The van der Waals surface area contributed by atoms with E-state index in [0.29, 0.717) is 23.9 Å². The van der Waals surface area contributed by atoms with Crippen LogP contribution in [0.25, 0.3) is 0 Å². The minimum Gasteiger partial charge on any atom is -0.379 e. The Morgan fingerprint density at radius 3 is 2.44 bits per heavy atom. The molecule has 1 fully saturated rings. The van der Waals surface area contributed by atoms with E-state index in [1.807, 2.05) is 0 Å².